The van der Waals surface area contributed by atoms with Gasteiger partial charge in [0.25, 0.3) is 0 Å². The maximum Gasteiger partial charge on any atom is 0.0731 e. The van der Waals surface area contributed by atoms with Crippen LogP contribution < -0.4 is 5.32 Å². The molecule has 0 radical (unpaired) electrons. The van der Waals surface area contributed by atoms with Crippen LogP contribution in [-0.4, -0.2) is 12.0 Å². The van der Waals surface area contributed by atoms with E-state index in [1.165, 1.54) is 0 Å². The Bertz CT molecular complexity index is 707. The molecule has 0 atom stereocenters. The predicted molar refractivity (Wildman–Crippen MR) is 73.8 cm³/mol. The summed E-state index contributed by atoms with van der Waals surface area (Å²) in [6.45, 7) is 0. The van der Waals surface area contributed by atoms with E-state index in [0.29, 0.717) is 0 Å². The monoisotopic (exact) mass is 242 g/mol. The van der Waals surface area contributed by atoms with E-state index in [1.807, 2.05) is 43.4 Å². The van der Waals surface area contributed by atoms with Crippen molar-refractivity contribution in [3.8, 4) is 0 Å². The van der Waals surface area contributed by atoms with Gasteiger partial charge >= 0.3 is 0 Å². The summed E-state index contributed by atoms with van der Waals surface area (Å²) >= 11 is 6.04. The van der Waals surface area contributed by atoms with E-state index in [2.05, 4.69) is 16.4 Å². The number of hydrogen-bond donors (Lipinski definition) is 1. The third-order valence-corrected chi connectivity index (χ3v) is 3.13. The normalized spacial score (nSPS) is 10.9. The highest BCUT2D eigenvalue weighted by Crippen LogP contribution is 2.31. The first-order valence-corrected chi connectivity index (χ1v) is 5.83. The van der Waals surface area contributed by atoms with E-state index in [9.17, 15) is 0 Å². The standard InChI is InChI=1S/C14H11ClN2/c1-16-14-10-4-2-3-5-12(10)17-13-7-6-9(15)8-11(13)14/h2-8H,1H3,(H,16,17). The lowest BCUT2D eigenvalue weighted by Crippen LogP contribution is -1.93. The van der Waals surface area contributed by atoms with Crippen molar-refractivity contribution in [2.75, 3.05) is 12.4 Å². The first-order valence-electron chi connectivity index (χ1n) is 5.45. The van der Waals surface area contributed by atoms with Crippen molar-refractivity contribution in [1.29, 1.82) is 0 Å². The van der Waals surface area contributed by atoms with E-state index < -0.39 is 0 Å². The molecule has 0 saturated heterocycles. The Morgan fingerprint density at radius 1 is 1.00 bits per heavy atom. The predicted octanol–water partition coefficient (Wildman–Crippen LogP) is 4.08. The van der Waals surface area contributed by atoms with Crippen molar-refractivity contribution in [3.63, 3.8) is 0 Å². The Morgan fingerprint density at radius 2 is 1.76 bits per heavy atom. The van der Waals surface area contributed by atoms with Crippen molar-refractivity contribution in [2.45, 2.75) is 0 Å². The van der Waals surface area contributed by atoms with E-state index >= 15 is 0 Å². The smallest absolute Gasteiger partial charge is 0.0731 e. The van der Waals surface area contributed by atoms with Crippen LogP contribution >= 0.6 is 11.6 Å². The summed E-state index contributed by atoms with van der Waals surface area (Å²) in [5.41, 5.74) is 3.03. The van der Waals surface area contributed by atoms with Gasteiger partial charge in [0.05, 0.1) is 16.7 Å². The Hall–Kier alpha value is -1.80. The van der Waals surface area contributed by atoms with Crippen molar-refractivity contribution in [3.05, 3.63) is 47.5 Å². The minimum atomic E-state index is 0.728. The molecule has 3 heteroatoms. The van der Waals surface area contributed by atoms with Gasteiger partial charge in [0, 0.05) is 22.8 Å². The van der Waals surface area contributed by atoms with Gasteiger partial charge < -0.3 is 5.32 Å². The number of para-hydroxylation sites is 1. The summed E-state index contributed by atoms with van der Waals surface area (Å²) in [5.74, 6) is 0. The molecule has 0 fully saturated rings. The second kappa shape index (κ2) is 3.90. The molecule has 0 bridgehead atoms. The minimum Gasteiger partial charge on any atom is -0.387 e. The summed E-state index contributed by atoms with van der Waals surface area (Å²) in [7, 11) is 1.92. The Morgan fingerprint density at radius 3 is 2.59 bits per heavy atom. The van der Waals surface area contributed by atoms with Crippen LogP contribution in [0.2, 0.25) is 5.02 Å². The van der Waals surface area contributed by atoms with E-state index in [-0.39, 0.29) is 0 Å². The maximum atomic E-state index is 6.04. The van der Waals surface area contributed by atoms with Crippen LogP contribution in [0.3, 0.4) is 0 Å². The lowest BCUT2D eigenvalue weighted by molar-refractivity contribution is 1.47. The number of nitrogens with one attached hydrogen (secondary N) is 1. The Kier molecular flexibility index (Phi) is 2.37. The third kappa shape index (κ3) is 1.61. The van der Waals surface area contributed by atoms with Crippen molar-refractivity contribution in [1.82, 2.24) is 4.98 Å². The summed E-state index contributed by atoms with van der Waals surface area (Å²) in [4.78, 5) is 4.63. The molecule has 3 aromatic rings. The fourth-order valence-electron chi connectivity index (χ4n) is 2.13. The molecule has 1 N–H and O–H groups in total. The topological polar surface area (TPSA) is 24.9 Å². The van der Waals surface area contributed by atoms with Gasteiger partial charge in [-0.15, -0.1) is 0 Å². The molecule has 0 spiro atoms. The first-order chi connectivity index (χ1) is 8.29. The zero-order valence-electron chi connectivity index (χ0n) is 9.37. The lowest BCUT2D eigenvalue weighted by atomic mass is 10.1. The van der Waals surface area contributed by atoms with Crippen LogP contribution in [0.1, 0.15) is 0 Å². The molecule has 17 heavy (non-hydrogen) atoms. The van der Waals surface area contributed by atoms with Crippen LogP contribution in [0.5, 0.6) is 0 Å². The second-order valence-corrected chi connectivity index (χ2v) is 4.35. The quantitative estimate of drug-likeness (QED) is 0.651. The van der Waals surface area contributed by atoms with Gasteiger partial charge in [-0.1, -0.05) is 29.8 Å². The molecular formula is C14H11ClN2. The highest BCUT2D eigenvalue weighted by molar-refractivity contribution is 6.31. The van der Waals surface area contributed by atoms with Crippen LogP contribution in [0.4, 0.5) is 5.69 Å². The van der Waals surface area contributed by atoms with Gasteiger partial charge in [0.2, 0.25) is 0 Å². The molecular weight excluding hydrogens is 232 g/mol. The molecule has 0 aliphatic carbocycles. The van der Waals surface area contributed by atoms with Crippen molar-refractivity contribution >= 4 is 39.1 Å². The molecule has 0 aliphatic heterocycles. The van der Waals surface area contributed by atoms with Gasteiger partial charge in [-0.3, -0.25) is 0 Å². The lowest BCUT2D eigenvalue weighted by Gasteiger charge is -2.10. The molecule has 0 saturated carbocycles. The molecule has 2 nitrogen and oxygen atoms in total. The fourth-order valence-corrected chi connectivity index (χ4v) is 2.30. The molecule has 2 aromatic carbocycles. The Labute approximate surface area is 104 Å². The Balaban J connectivity index is 2.54. The fraction of sp³-hybridized carbons (Fsp3) is 0.0714. The molecule has 0 unspecified atom stereocenters. The van der Waals surface area contributed by atoms with Crippen LogP contribution in [0.25, 0.3) is 21.8 Å². The molecule has 0 amide bonds. The number of pyridine rings is 1. The first kappa shape index (κ1) is 10.4. The largest absolute Gasteiger partial charge is 0.387 e. The van der Waals surface area contributed by atoms with Crippen molar-refractivity contribution in [2.24, 2.45) is 0 Å². The SMILES string of the molecule is CNc1c2ccccc2nc2ccc(Cl)cc12. The number of anilines is 1. The zero-order valence-corrected chi connectivity index (χ0v) is 10.1. The van der Waals surface area contributed by atoms with Gasteiger partial charge in [-0.2, -0.15) is 0 Å². The maximum absolute atomic E-state index is 6.04. The molecule has 1 heterocycles. The average Bonchev–Trinajstić information content (AvgIpc) is 2.36. The highest BCUT2D eigenvalue weighted by Gasteiger charge is 2.07. The van der Waals surface area contributed by atoms with Crippen LogP contribution in [0.15, 0.2) is 42.5 Å². The number of hydrogen-bond acceptors (Lipinski definition) is 2. The minimum absolute atomic E-state index is 0.728. The van der Waals surface area contributed by atoms with E-state index in [1.54, 1.807) is 0 Å². The summed E-state index contributed by atoms with van der Waals surface area (Å²) < 4.78 is 0. The summed E-state index contributed by atoms with van der Waals surface area (Å²) in [6, 6.07) is 13.9. The third-order valence-electron chi connectivity index (χ3n) is 2.89. The van der Waals surface area contributed by atoms with E-state index in [0.717, 1.165) is 32.5 Å². The number of benzene rings is 2. The zero-order chi connectivity index (χ0) is 11.8. The second-order valence-electron chi connectivity index (χ2n) is 3.92. The van der Waals surface area contributed by atoms with E-state index in [4.69, 9.17) is 11.6 Å². The highest BCUT2D eigenvalue weighted by atomic mass is 35.5. The van der Waals surface area contributed by atoms with Gasteiger partial charge in [0.15, 0.2) is 0 Å². The van der Waals surface area contributed by atoms with Gasteiger partial charge in [-0.25, -0.2) is 4.98 Å². The number of aromatic nitrogens is 1. The average molecular weight is 243 g/mol. The summed E-state index contributed by atoms with van der Waals surface area (Å²) in [5, 5.41) is 6.14. The molecule has 3 rings (SSSR count). The van der Waals surface area contributed by atoms with Crippen molar-refractivity contribution < 1.29 is 0 Å². The molecule has 84 valence electrons. The number of halogens is 1. The molecule has 0 aliphatic rings. The number of fused-ring (bicyclic) bond motifs is 2. The number of rotatable bonds is 1. The van der Waals surface area contributed by atoms with Crippen LogP contribution in [-0.2, 0) is 0 Å². The molecule has 1 aromatic heterocycles. The van der Waals surface area contributed by atoms with Gasteiger partial charge in [0.1, 0.15) is 0 Å². The summed E-state index contributed by atoms with van der Waals surface area (Å²) in [6.07, 6.45) is 0. The number of nitrogens with zero attached hydrogens (tertiary/aromatic N) is 1. The van der Waals surface area contributed by atoms with Crippen LogP contribution in [0, 0.1) is 0 Å². The van der Waals surface area contributed by atoms with Gasteiger partial charge in [-0.05, 0) is 24.3 Å².